The van der Waals surface area contributed by atoms with E-state index in [1.807, 2.05) is 6.08 Å². The monoisotopic (exact) mass is 499 g/mol. The first kappa shape index (κ1) is 27.5. The van der Waals surface area contributed by atoms with Crippen molar-refractivity contribution in [2.45, 2.75) is 25.7 Å². The van der Waals surface area contributed by atoms with Crippen molar-refractivity contribution < 1.29 is 27.1 Å². The number of benzene rings is 2. The Morgan fingerprint density at radius 2 is 1.59 bits per heavy atom. The Kier molecular flexibility index (Phi) is 10.7. The second kappa shape index (κ2) is 13.2. The van der Waals surface area contributed by atoms with Crippen LogP contribution in [0.15, 0.2) is 43.0 Å². The van der Waals surface area contributed by atoms with Crippen molar-refractivity contribution in [3.8, 4) is 5.75 Å². The molecule has 186 valence electrons. The van der Waals surface area contributed by atoms with Crippen LogP contribution < -0.4 is 13.9 Å². The van der Waals surface area contributed by atoms with Gasteiger partial charge in [0.05, 0.1) is 12.3 Å². The highest BCUT2D eigenvalue weighted by atomic mass is 32.1. The number of halogens is 4. The third-order valence-corrected chi connectivity index (χ3v) is 5.52. The van der Waals surface area contributed by atoms with Crippen molar-refractivity contribution in [1.29, 1.82) is 0 Å². The summed E-state index contributed by atoms with van der Waals surface area (Å²) in [6.45, 7) is 6.16. The van der Waals surface area contributed by atoms with Crippen LogP contribution in [0.2, 0.25) is 0 Å². The minimum atomic E-state index is -1.68. The molecule has 2 amide bonds. The fourth-order valence-corrected chi connectivity index (χ4v) is 3.49. The van der Waals surface area contributed by atoms with Gasteiger partial charge >= 0.3 is 6.03 Å². The van der Waals surface area contributed by atoms with Gasteiger partial charge in [-0.3, -0.25) is 4.90 Å². The summed E-state index contributed by atoms with van der Waals surface area (Å²) in [5.74, 6) is -5.99. The normalized spacial score (nSPS) is 10.9. The van der Waals surface area contributed by atoms with Crippen LogP contribution in [0, 0.1) is 23.3 Å². The number of nitrogens with zero attached hydrogens (tertiary/aromatic N) is 3. The zero-order valence-electron chi connectivity index (χ0n) is 19.2. The summed E-state index contributed by atoms with van der Waals surface area (Å²) in [4.78, 5) is 15.2. The van der Waals surface area contributed by atoms with E-state index in [2.05, 4.69) is 31.3 Å². The van der Waals surface area contributed by atoms with Crippen molar-refractivity contribution >= 4 is 30.2 Å². The molecular weight excluding hydrogens is 470 g/mol. The summed E-state index contributed by atoms with van der Waals surface area (Å²) in [5, 5.41) is 0. The Balaban J connectivity index is 1.86. The van der Waals surface area contributed by atoms with E-state index in [0.29, 0.717) is 17.3 Å². The molecule has 0 aliphatic heterocycles. The quantitative estimate of drug-likeness (QED) is 0.124. The van der Waals surface area contributed by atoms with Gasteiger partial charge in [0.15, 0.2) is 23.3 Å². The number of carbonyl (C=O) groups is 1. The number of carbonyl (C=O) groups excluding carboxylic acids is 1. The standard InChI is InChI=1S/C24H29F4N3O2S/c1-4-13-29(2)14-7-5-6-8-15-33-18-11-9-17(10-12-18)31(34)24(32)30(3)23-21(27)19(25)16-20(26)22(23)28/h4,9-12,16,34H,1,5-8,13-15H2,2-3H3. The Labute approximate surface area is 203 Å². The minimum Gasteiger partial charge on any atom is -0.494 e. The maximum atomic E-state index is 14.0. The molecule has 2 aromatic rings. The van der Waals surface area contributed by atoms with Gasteiger partial charge in [0.1, 0.15) is 11.4 Å². The fourth-order valence-electron chi connectivity index (χ4n) is 3.23. The number of unbranched alkanes of at least 4 members (excludes halogenated alkanes) is 3. The van der Waals surface area contributed by atoms with Gasteiger partial charge in [0.2, 0.25) is 0 Å². The topological polar surface area (TPSA) is 36.0 Å². The minimum absolute atomic E-state index is 0.0761. The largest absolute Gasteiger partial charge is 0.494 e. The second-order valence-corrected chi connectivity index (χ2v) is 8.18. The lowest BCUT2D eigenvalue weighted by Gasteiger charge is -2.24. The lowest BCUT2D eigenvalue weighted by Crippen LogP contribution is -2.37. The average Bonchev–Trinajstić information content (AvgIpc) is 2.82. The number of ether oxygens (including phenoxy) is 1. The molecule has 0 aliphatic rings. The molecule has 5 nitrogen and oxygen atoms in total. The zero-order chi connectivity index (χ0) is 25.3. The highest BCUT2D eigenvalue weighted by Crippen LogP contribution is 2.29. The fraction of sp³-hybridized carbons (Fsp3) is 0.375. The molecule has 0 heterocycles. The van der Waals surface area contributed by atoms with Gasteiger partial charge in [-0.05, 0) is 50.7 Å². The molecule has 0 saturated carbocycles. The molecule has 0 spiro atoms. The smallest absolute Gasteiger partial charge is 0.338 e. The predicted octanol–water partition coefficient (Wildman–Crippen LogP) is 6.21. The van der Waals surface area contributed by atoms with E-state index in [9.17, 15) is 22.4 Å². The Bertz CT molecular complexity index is 949. The van der Waals surface area contributed by atoms with Gasteiger partial charge in [0, 0.05) is 19.7 Å². The number of likely N-dealkylation sites (N-methyl/N-ethyl adjacent to an activating group) is 1. The summed E-state index contributed by atoms with van der Waals surface area (Å²) >= 11 is 4.06. The van der Waals surface area contributed by atoms with Crippen molar-refractivity contribution in [2.75, 3.05) is 43.0 Å². The Hall–Kier alpha value is -2.72. The first-order chi connectivity index (χ1) is 16.2. The summed E-state index contributed by atoms with van der Waals surface area (Å²) in [6, 6.07) is 5.37. The summed E-state index contributed by atoms with van der Waals surface area (Å²) in [6.07, 6.45) is 6.03. The molecule has 0 fully saturated rings. The van der Waals surface area contributed by atoms with Crippen molar-refractivity contribution in [3.05, 3.63) is 66.3 Å². The van der Waals surface area contributed by atoms with E-state index in [-0.39, 0.29) is 11.8 Å². The third kappa shape index (κ3) is 7.39. The summed E-state index contributed by atoms with van der Waals surface area (Å²) in [5.41, 5.74) is -0.872. The van der Waals surface area contributed by atoms with E-state index >= 15 is 0 Å². The van der Waals surface area contributed by atoms with Crippen LogP contribution in [0.4, 0.5) is 33.7 Å². The van der Waals surface area contributed by atoms with E-state index in [1.54, 1.807) is 12.1 Å². The highest BCUT2D eigenvalue weighted by molar-refractivity contribution is 7.82. The predicted molar refractivity (Wildman–Crippen MR) is 130 cm³/mol. The molecule has 0 bridgehead atoms. The number of rotatable bonds is 12. The molecule has 0 N–H and O–H groups in total. The number of thiol groups is 1. The second-order valence-electron chi connectivity index (χ2n) is 7.78. The summed E-state index contributed by atoms with van der Waals surface area (Å²) in [7, 11) is 3.05. The van der Waals surface area contributed by atoms with Crippen LogP contribution in [0.3, 0.4) is 0 Å². The number of amides is 2. The first-order valence-electron chi connectivity index (χ1n) is 10.8. The van der Waals surface area contributed by atoms with Gasteiger partial charge in [-0.15, -0.1) is 6.58 Å². The van der Waals surface area contributed by atoms with E-state index < -0.39 is 35.0 Å². The molecular formula is C24H29F4N3O2S. The Morgan fingerprint density at radius 1 is 1.00 bits per heavy atom. The Morgan fingerprint density at radius 3 is 2.18 bits per heavy atom. The molecule has 2 aromatic carbocycles. The molecule has 0 radical (unpaired) electrons. The maximum Gasteiger partial charge on any atom is 0.338 e. The molecule has 10 heteroatoms. The van der Waals surface area contributed by atoms with Gasteiger partial charge in [0.25, 0.3) is 0 Å². The molecule has 0 atom stereocenters. The SMILES string of the molecule is C=CCN(C)CCCCCCOc1ccc(N(S)C(=O)N(C)c2c(F)c(F)cc(F)c2F)cc1. The number of anilines is 2. The molecule has 0 aromatic heterocycles. The van der Waals surface area contributed by atoms with E-state index in [0.717, 1.165) is 50.1 Å². The molecule has 2 rings (SSSR count). The van der Waals surface area contributed by atoms with Crippen LogP contribution in [0.5, 0.6) is 5.75 Å². The van der Waals surface area contributed by atoms with Gasteiger partial charge in [-0.2, -0.15) is 0 Å². The van der Waals surface area contributed by atoms with Gasteiger partial charge in [-0.25, -0.2) is 26.7 Å². The van der Waals surface area contributed by atoms with Crippen LogP contribution in [0.25, 0.3) is 0 Å². The number of hydrogen-bond acceptors (Lipinski definition) is 4. The van der Waals surface area contributed by atoms with Gasteiger partial charge in [-0.1, -0.05) is 31.7 Å². The number of hydrogen-bond donors (Lipinski definition) is 1. The van der Waals surface area contributed by atoms with Gasteiger partial charge < -0.3 is 9.64 Å². The lowest BCUT2D eigenvalue weighted by molar-refractivity contribution is 0.255. The summed E-state index contributed by atoms with van der Waals surface area (Å²) < 4.78 is 61.5. The van der Waals surface area contributed by atoms with Crippen molar-refractivity contribution in [3.63, 3.8) is 0 Å². The molecule has 0 aliphatic carbocycles. The first-order valence-corrected chi connectivity index (χ1v) is 11.2. The molecule has 34 heavy (non-hydrogen) atoms. The number of urea groups is 1. The van der Waals surface area contributed by atoms with Crippen molar-refractivity contribution in [1.82, 2.24) is 4.90 Å². The van der Waals surface area contributed by atoms with Crippen LogP contribution in [-0.4, -0.2) is 44.7 Å². The molecule has 0 saturated heterocycles. The average molecular weight is 500 g/mol. The molecule has 0 unspecified atom stereocenters. The van der Waals surface area contributed by atoms with E-state index in [1.165, 1.54) is 12.1 Å². The third-order valence-electron chi connectivity index (χ3n) is 5.12. The van der Waals surface area contributed by atoms with Crippen LogP contribution in [0.1, 0.15) is 25.7 Å². The van der Waals surface area contributed by atoms with Crippen molar-refractivity contribution in [2.24, 2.45) is 0 Å². The lowest BCUT2D eigenvalue weighted by atomic mass is 10.2. The van der Waals surface area contributed by atoms with Crippen LogP contribution >= 0.6 is 12.8 Å². The maximum absolute atomic E-state index is 14.0. The van der Waals surface area contributed by atoms with Crippen LogP contribution in [-0.2, 0) is 0 Å². The highest BCUT2D eigenvalue weighted by Gasteiger charge is 2.28. The zero-order valence-corrected chi connectivity index (χ0v) is 20.1. The van der Waals surface area contributed by atoms with E-state index in [4.69, 9.17) is 4.74 Å².